The van der Waals surface area contributed by atoms with Crippen LogP contribution in [0.5, 0.6) is 0 Å². The van der Waals surface area contributed by atoms with Crippen LogP contribution in [-0.4, -0.2) is 31.0 Å². The Balaban J connectivity index is 1.96. The quantitative estimate of drug-likeness (QED) is 0.748. The molecule has 0 bridgehead atoms. The summed E-state index contributed by atoms with van der Waals surface area (Å²) in [6.45, 7) is 0. The standard InChI is InChI=1S/C16H17N5OS/c1-23-16-12-14(21(20-16)11-4-2-3-5-11)18-13(19-15(12)22)10-6-8-17-9-7-10/h6-9,11H,2-5H2,1H3,(H,18,19,22). The zero-order valence-corrected chi connectivity index (χ0v) is 13.6. The second kappa shape index (κ2) is 5.81. The second-order valence-corrected chi connectivity index (χ2v) is 6.54. The van der Waals surface area contributed by atoms with E-state index in [4.69, 9.17) is 4.98 Å². The molecule has 3 aromatic rings. The summed E-state index contributed by atoms with van der Waals surface area (Å²) in [6.07, 6.45) is 9.95. The highest BCUT2D eigenvalue weighted by molar-refractivity contribution is 7.98. The molecule has 4 rings (SSSR count). The Labute approximate surface area is 137 Å². The van der Waals surface area contributed by atoms with Gasteiger partial charge >= 0.3 is 0 Å². The van der Waals surface area contributed by atoms with Gasteiger partial charge in [0.05, 0.1) is 6.04 Å². The van der Waals surface area contributed by atoms with E-state index < -0.39 is 0 Å². The van der Waals surface area contributed by atoms with Crippen LogP contribution in [0, 0.1) is 0 Å². The number of hydrogen-bond donors (Lipinski definition) is 1. The lowest BCUT2D eigenvalue weighted by Crippen LogP contribution is -2.12. The molecular weight excluding hydrogens is 310 g/mol. The lowest BCUT2D eigenvalue weighted by molar-refractivity contribution is 0.470. The van der Waals surface area contributed by atoms with Gasteiger partial charge < -0.3 is 4.98 Å². The van der Waals surface area contributed by atoms with Crippen molar-refractivity contribution in [2.24, 2.45) is 0 Å². The van der Waals surface area contributed by atoms with Crippen molar-refractivity contribution < 1.29 is 0 Å². The molecule has 1 aliphatic carbocycles. The van der Waals surface area contributed by atoms with E-state index in [1.807, 2.05) is 23.1 Å². The van der Waals surface area contributed by atoms with E-state index in [9.17, 15) is 4.79 Å². The average molecular weight is 327 g/mol. The Hall–Kier alpha value is -2.15. The van der Waals surface area contributed by atoms with Crippen molar-refractivity contribution in [3.63, 3.8) is 0 Å². The largest absolute Gasteiger partial charge is 0.306 e. The van der Waals surface area contributed by atoms with Crippen molar-refractivity contribution >= 4 is 22.8 Å². The van der Waals surface area contributed by atoms with Gasteiger partial charge in [0.1, 0.15) is 16.2 Å². The van der Waals surface area contributed by atoms with Crippen LogP contribution < -0.4 is 5.56 Å². The first-order chi connectivity index (χ1) is 11.3. The first kappa shape index (κ1) is 14.4. The number of fused-ring (bicyclic) bond motifs is 1. The predicted molar refractivity (Wildman–Crippen MR) is 90.7 cm³/mol. The molecule has 7 heteroatoms. The number of pyridine rings is 1. The zero-order chi connectivity index (χ0) is 15.8. The first-order valence-corrected chi connectivity index (χ1v) is 8.97. The minimum atomic E-state index is -0.129. The van der Waals surface area contributed by atoms with E-state index in [-0.39, 0.29) is 5.56 Å². The van der Waals surface area contributed by atoms with Crippen LogP contribution in [0.25, 0.3) is 22.4 Å². The van der Waals surface area contributed by atoms with Gasteiger partial charge in [-0.2, -0.15) is 5.10 Å². The number of nitrogens with one attached hydrogen (secondary N) is 1. The van der Waals surface area contributed by atoms with Gasteiger partial charge in [0.15, 0.2) is 5.65 Å². The summed E-state index contributed by atoms with van der Waals surface area (Å²) in [4.78, 5) is 24.2. The normalized spacial score (nSPS) is 15.5. The molecule has 0 radical (unpaired) electrons. The van der Waals surface area contributed by atoms with Crippen molar-refractivity contribution in [1.29, 1.82) is 0 Å². The van der Waals surface area contributed by atoms with Crippen LogP contribution >= 0.6 is 11.8 Å². The van der Waals surface area contributed by atoms with E-state index in [1.165, 1.54) is 24.6 Å². The van der Waals surface area contributed by atoms with Crippen molar-refractivity contribution in [1.82, 2.24) is 24.7 Å². The van der Waals surface area contributed by atoms with Crippen molar-refractivity contribution in [3.8, 4) is 11.4 Å². The average Bonchev–Trinajstić information content (AvgIpc) is 3.22. The molecular formula is C16H17N5OS. The summed E-state index contributed by atoms with van der Waals surface area (Å²) < 4.78 is 1.97. The summed E-state index contributed by atoms with van der Waals surface area (Å²) in [7, 11) is 0. The number of nitrogens with zero attached hydrogens (tertiary/aromatic N) is 4. The van der Waals surface area contributed by atoms with Crippen LogP contribution in [0.1, 0.15) is 31.7 Å². The molecule has 0 saturated heterocycles. The molecule has 0 unspecified atom stereocenters. The molecule has 23 heavy (non-hydrogen) atoms. The third-order valence-corrected chi connectivity index (χ3v) is 5.02. The molecule has 0 aromatic carbocycles. The molecule has 3 heterocycles. The van der Waals surface area contributed by atoms with Crippen molar-refractivity contribution in [2.75, 3.05) is 6.26 Å². The van der Waals surface area contributed by atoms with Gasteiger partial charge in [-0.15, -0.1) is 11.8 Å². The summed E-state index contributed by atoms with van der Waals surface area (Å²) in [6, 6.07) is 4.03. The smallest absolute Gasteiger partial charge is 0.263 e. The van der Waals surface area contributed by atoms with Crippen molar-refractivity contribution in [2.45, 2.75) is 36.8 Å². The number of aromatic nitrogens is 5. The number of hydrogen-bond acceptors (Lipinski definition) is 5. The lowest BCUT2D eigenvalue weighted by atomic mass is 10.2. The van der Waals surface area contributed by atoms with Gasteiger partial charge in [0, 0.05) is 18.0 Å². The van der Waals surface area contributed by atoms with Gasteiger partial charge in [-0.3, -0.25) is 9.78 Å². The van der Waals surface area contributed by atoms with E-state index in [2.05, 4.69) is 15.1 Å². The molecule has 0 atom stereocenters. The monoisotopic (exact) mass is 327 g/mol. The molecule has 3 aromatic heterocycles. The van der Waals surface area contributed by atoms with Crippen LogP contribution in [0.2, 0.25) is 0 Å². The third kappa shape index (κ3) is 2.45. The second-order valence-electron chi connectivity index (χ2n) is 5.74. The minimum Gasteiger partial charge on any atom is -0.306 e. The van der Waals surface area contributed by atoms with Gasteiger partial charge in [-0.1, -0.05) is 12.8 Å². The van der Waals surface area contributed by atoms with Gasteiger partial charge in [0.25, 0.3) is 5.56 Å². The predicted octanol–water partition coefficient (Wildman–Crippen LogP) is 3.02. The van der Waals surface area contributed by atoms with Gasteiger partial charge in [-0.05, 0) is 31.2 Å². The highest BCUT2D eigenvalue weighted by Gasteiger charge is 2.24. The fraction of sp³-hybridized carbons (Fsp3) is 0.375. The van der Waals surface area contributed by atoms with Crippen LogP contribution in [0.4, 0.5) is 0 Å². The first-order valence-electron chi connectivity index (χ1n) is 7.75. The van der Waals surface area contributed by atoms with Crippen LogP contribution in [-0.2, 0) is 0 Å². The molecule has 1 N–H and O–H groups in total. The molecule has 1 fully saturated rings. The maximum Gasteiger partial charge on any atom is 0.263 e. The highest BCUT2D eigenvalue weighted by atomic mass is 32.2. The molecule has 1 saturated carbocycles. The number of thioether (sulfide) groups is 1. The summed E-state index contributed by atoms with van der Waals surface area (Å²) in [5.41, 5.74) is 1.41. The Morgan fingerprint density at radius 1 is 1.26 bits per heavy atom. The molecule has 0 spiro atoms. The summed E-state index contributed by atoms with van der Waals surface area (Å²) in [5.74, 6) is 0.566. The van der Waals surface area contributed by atoms with Gasteiger partial charge in [-0.25, -0.2) is 9.67 Å². The summed E-state index contributed by atoms with van der Waals surface area (Å²) >= 11 is 1.49. The lowest BCUT2D eigenvalue weighted by Gasteiger charge is -2.10. The highest BCUT2D eigenvalue weighted by Crippen LogP contribution is 2.33. The maximum atomic E-state index is 12.6. The maximum absolute atomic E-state index is 12.6. The summed E-state index contributed by atoms with van der Waals surface area (Å²) in [5, 5.41) is 6.02. The Morgan fingerprint density at radius 3 is 2.70 bits per heavy atom. The Morgan fingerprint density at radius 2 is 2.00 bits per heavy atom. The molecule has 118 valence electrons. The third-order valence-electron chi connectivity index (χ3n) is 4.35. The Bertz CT molecular complexity index is 896. The number of aromatic amines is 1. The topological polar surface area (TPSA) is 76.5 Å². The van der Waals surface area contributed by atoms with E-state index >= 15 is 0 Å². The number of rotatable bonds is 3. The fourth-order valence-corrected chi connectivity index (χ4v) is 3.77. The van der Waals surface area contributed by atoms with Gasteiger partial charge in [0.2, 0.25) is 0 Å². The zero-order valence-electron chi connectivity index (χ0n) is 12.8. The Kier molecular flexibility index (Phi) is 3.65. The minimum absolute atomic E-state index is 0.129. The van der Waals surface area contributed by atoms with Crippen molar-refractivity contribution in [3.05, 3.63) is 34.9 Å². The van der Waals surface area contributed by atoms with E-state index in [0.29, 0.717) is 22.9 Å². The number of H-pyrrole nitrogens is 1. The van der Waals surface area contributed by atoms with Crippen LogP contribution in [0.3, 0.4) is 0 Å². The molecule has 1 aliphatic rings. The fourth-order valence-electron chi connectivity index (χ4n) is 3.21. The van der Waals surface area contributed by atoms with E-state index in [0.717, 1.165) is 23.4 Å². The molecule has 0 amide bonds. The van der Waals surface area contributed by atoms with Crippen LogP contribution in [0.15, 0.2) is 34.3 Å². The molecule has 0 aliphatic heterocycles. The SMILES string of the molecule is CSc1nn(C2CCCC2)c2nc(-c3ccncc3)[nH]c(=O)c12. The van der Waals surface area contributed by atoms with E-state index in [1.54, 1.807) is 12.4 Å². The molecule has 6 nitrogen and oxygen atoms in total.